The van der Waals surface area contributed by atoms with E-state index in [9.17, 15) is 0 Å². The summed E-state index contributed by atoms with van der Waals surface area (Å²) in [7, 11) is 0. The van der Waals surface area contributed by atoms with Crippen molar-refractivity contribution in [1.29, 1.82) is 0 Å². The van der Waals surface area contributed by atoms with Crippen molar-refractivity contribution in [2.24, 2.45) is 11.8 Å². The lowest BCUT2D eigenvalue weighted by atomic mass is 9.76. The summed E-state index contributed by atoms with van der Waals surface area (Å²) in [4.78, 5) is 0. The molecule has 3 aliphatic heterocycles. The molecule has 2 nitrogen and oxygen atoms in total. The Morgan fingerprint density at radius 1 is 1.17 bits per heavy atom. The highest BCUT2D eigenvalue weighted by atomic mass is 32.2. The molecule has 0 aromatic heterocycles. The molecule has 1 aromatic carbocycles. The second kappa shape index (κ2) is 7.70. The molecule has 0 aliphatic carbocycles. The van der Waals surface area contributed by atoms with Crippen LogP contribution in [-0.2, 0) is 11.2 Å². The minimum Gasteiger partial charge on any atom is -0.381 e. The number of anilines is 1. The number of hydrogen-bond donors (Lipinski definition) is 1. The van der Waals surface area contributed by atoms with Crippen LogP contribution in [0.15, 0.2) is 18.2 Å². The Balaban J connectivity index is 1.55. The number of nitrogens with one attached hydrogen (secondary N) is 1. The van der Waals surface area contributed by atoms with Gasteiger partial charge in [-0.05, 0) is 61.2 Å². The quantitative estimate of drug-likeness (QED) is 0.719. The van der Waals surface area contributed by atoms with Gasteiger partial charge in [0.15, 0.2) is 0 Å². The van der Waals surface area contributed by atoms with E-state index in [1.807, 2.05) is 0 Å². The van der Waals surface area contributed by atoms with E-state index in [2.05, 4.69) is 42.2 Å². The van der Waals surface area contributed by atoms with E-state index in [-0.39, 0.29) is 0 Å². The van der Waals surface area contributed by atoms with Crippen LogP contribution < -0.4 is 5.32 Å². The monoisotopic (exact) mass is 345 g/mol. The van der Waals surface area contributed by atoms with Crippen LogP contribution in [0.1, 0.15) is 62.7 Å². The molecule has 1 unspecified atom stereocenters. The highest BCUT2D eigenvalue weighted by Gasteiger charge is 2.43. The maximum Gasteiger partial charge on any atom is 0.0893 e. The maximum absolute atomic E-state index is 6.24. The van der Waals surface area contributed by atoms with E-state index in [1.54, 1.807) is 0 Å². The molecule has 2 fully saturated rings. The molecule has 0 amide bonds. The Hall–Kier alpha value is -0.670. The van der Waals surface area contributed by atoms with Crippen molar-refractivity contribution in [1.82, 2.24) is 0 Å². The molecule has 1 aromatic rings. The maximum atomic E-state index is 6.24. The lowest BCUT2D eigenvalue weighted by Gasteiger charge is -2.42. The first-order valence-corrected chi connectivity index (χ1v) is 11.1. The number of aryl methyl sites for hydroxylation is 1. The van der Waals surface area contributed by atoms with Crippen molar-refractivity contribution in [3.63, 3.8) is 0 Å². The molecule has 1 N–H and O–H groups in total. The fourth-order valence-corrected chi connectivity index (χ4v) is 5.98. The molecule has 4 rings (SSSR count). The van der Waals surface area contributed by atoms with Crippen molar-refractivity contribution in [2.45, 2.75) is 64.0 Å². The Morgan fingerprint density at radius 2 is 2.04 bits per heavy atom. The lowest BCUT2D eigenvalue weighted by Crippen LogP contribution is -2.42. The summed E-state index contributed by atoms with van der Waals surface area (Å²) in [5, 5.41) is 3.94. The molecular formula is C21H31NOS. The van der Waals surface area contributed by atoms with Gasteiger partial charge < -0.3 is 10.1 Å². The first-order valence-electron chi connectivity index (χ1n) is 9.95. The van der Waals surface area contributed by atoms with Gasteiger partial charge in [0.1, 0.15) is 0 Å². The molecule has 3 heteroatoms. The number of benzene rings is 1. The molecule has 0 saturated carbocycles. The Bertz CT molecular complexity index is 555. The van der Waals surface area contributed by atoms with E-state index in [0.29, 0.717) is 18.1 Å². The highest BCUT2D eigenvalue weighted by Crippen LogP contribution is 2.48. The molecule has 0 bridgehead atoms. The zero-order valence-electron chi connectivity index (χ0n) is 14.9. The summed E-state index contributed by atoms with van der Waals surface area (Å²) >= 11 is 2.13. The summed E-state index contributed by atoms with van der Waals surface area (Å²) in [6.07, 6.45) is 9.45. The Kier molecular flexibility index (Phi) is 5.38. The summed E-state index contributed by atoms with van der Waals surface area (Å²) in [6.45, 7) is 3.21. The normalized spacial score (nSPS) is 29.8. The van der Waals surface area contributed by atoms with Crippen LogP contribution in [0, 0.1) is 11.8 Å². The zero-order valence-corrected chi connectivity index (χ0v) is 15.7. The fourth-order valence-electron chi connectivity index (χ4n) is 4.84. The van der Waals surface area contributed by atoms with Gasteiger partial charge >= 0.3 is 0 Å². The van der Waals surface area contributed by atoms with Crippen molar-refractivity contribution in [2.75, 3.05) is 23.4 Å². The van der Waals surface area contributed by atoms with Crippen LogP contribution in [0.5, 0.6) is 0 Å². The lowest BCUT2D eigenvalue weighted by molar-refractivity contribution is 0.0756. The van der Waals surface area contributed by atoms with Crippen LogP contribution >= 0.6 is 11.8 Å². The van der Waals surface area contributed by atoms with Crippen molar-refractivity contribution < 1.29 is 4.74 Å². The predicted octanol–water partition coefficient (Wildman–Crippen LogP) is 5.43. The Labute approximate surface area is 151 Å². The molecule has 3 aliphatic rings. The van der Waals surface area contributed by atoms with Crippen LogP contribution in [0.3, 0.4) is 0 Å². The van der Waals surface area contributed by atoms with Gasteiger partial charge in [0, 0.05) is 29.8 Å². The highest BCUT2D eigenvalue weighted by molar-refractivity contribution is 7.99. The van der Waals surface area contributed by atoms with Gasteiger partial charge in [0.05, 0.1) is 6.10 Å². The van der Waals surface area contributed by atoms with Gasteiger partial charge in [0.2, 0.25) is 0 Å². The number of fused-ring (bicyclic) bond motifs is 3. The first kappa shape index (κ1) is 16.8. The molecule has 132 valence electrons. The van der Waals surface area contributed by atoms with E-state index >= 15 is 0 Å². The smallest absolute Gasteiger partial charge is 0.0893 e. The van der Waals surface area contributed by atoms with Gasteiger partial charge in [-0.25, -0.2) is 0 Å². The molecule has 3 atom stereocenters. The number of unbranched alkanes of at least 4 members (excludes halogenated alkanes) is 2. The summed E-state index contributed by atoms with van der Waals surface area (Å²) in [5.41, 5.74) is 4.28. The van der Waals surface area contributed by atoms with Gasteiger partial charge in [-0.1, -0.05) is 31.9 Å². The second-order valence-corrected chi connectivity index (χ2v) is 8.97. The number of hydrogen-bond acceptors (Lipinski definition) is 3. The van der Waals surface area contributed by atoms with E-state index in [1.165, 1.54) is 73.3 Å². The van der Waals surface area contributed by atoms with Crippen LogP contribution in [0.4, 0.5) is 5.69 Å². The summed E-state index contributed by atoms with van der Waals surface area (Å²) in [6, 6.07) is 7.73. The topological polar surface area (TPSA) is 21.3 Å². The van der Waals surface area contributed by atoms with Crippen molar-refractivity contribution >= 4 is 17.4 Å². The number of thioether (sulfide) groups is 1. The van der Waals surface area contributed by atoms with Gasteiger partial charge in [-0.3, -0.25) is 0 Å². The van der Waals surface area contributed by atoms with Crippen molar-refractivity contribution in [3.05, 3.63) is 29.3 Å². The zero-order chi connectivity index (χ0) is 16.4. The third-order valence-electron chi connectivity index (χ3n) is 6.19. The number of rotatable bonds is 5. The fraction of sp³-hybridized carbons (Fsp3) is 0.714. The van der Waals surface area contributed by atoms with E-state index in [4.69, 9.17) is 4.74 Å². The molecule has 0 spiro atoms. The summed E-state index contributed by atoms with van der Waals surface area (Å²) < 4.78 is 6.24. The minimum atomic E-state index is 0.340. The average molecular weight is 346 g/mol. The van der Waals surface area contributed by atoms with Gasteiger partial charge in [-0.15, -0.1) is 0 Å². The SMILES string of the molecule is CCCCCc1ccc2c(c1)[C@H]1OCC[C@H]1C(C1CCSCC1)N2. The first-order chi connectivity index (χ1) is 11.9. The number of ether oxygens (including phenoxy) is 1. The van der Waals surface area contributed by atoms with E-state index < -0.39 is 0 Å². The van der Waals surface area contributed by atoms with Crippen LogP contribution in [0.25, 0.3) is 0 Å². The van der Waals surface area contributed by atoms with Gasteiger partial charge in [-0.2, -0.15) is 11.8 Å². The molecule has 0 radical (unpaired) electrons. The van der Waals surface area contributed by atoms with Crippen LogP contribution in [0.2, 0.25) is 0 Å². The van der Waals surface area contributed by atoms with Crippen LogP contribution in [-0.4, -0.2) is 24.2 Å². The molecule has 2 saturated heterocycles. The van der Waals surface area contributed by atoms with Gasteiger partial charge in [0.25, 0.3) is 0 Å². The standard InChI is InChI=1S/C21H31NOS/c1-2-3-4-5-15-6-7-19-18(14-15)21-17(8-11-23-21)20(22-19)16-9-12-24-13-10-16/h6-7,14,16-17,20-22H,2-5,8-13H2,1H3/t17-,20?,21-/m0/s1. The van der Waals surface area contributed by atoms with E-state index in [0.717, 1.165) is 12.5 Å². The third kappa shape index (κ3) is 3.35. The molecule has 3 heterocycles. The minimum absolute atomic E-state index is 0.340. The van der Waals surface area contributed by atoms with Crippen molar-refractivity contribution in [3.8, 4) is 0 Å². The average Bonchev–Trinajstić information content (AvgIpc) is 3.12. The third-order valence-corrected chi connectivity index (χ3v) is 7.23. The summed E-state index contributed by atoms with van der Waals surface area (Å²) in [5.74, 6) is 4.18. The second-order valence-electron chi connectivity index (χ2n) is 7.74. The predicted molar refractivity (Wildman–Crippen MR) is 104 cm³/mol. The molecule has 24 heavy (non-hydrogen) atoms. The largest absolute Gasteiger partial charge is 0.381 e. The Morgan fingerprint density at radius 3 is 2.88 bits per heavy atom. The molecular weight excluding hydrogens is 314 g/mol.